The standard InChI is InChI=1S/C29H49F2N3O7Si/c1-10-11-12-13-14-15-16-22(35)40-23-20(19-38-42(8,9)28(5,6)7)39-24(29(23,30)31)34-18-17-21(32-25(34)36)33-26(37)41-27(2,3)4/h17-18,20,23-24H,10-16,19H2,1-9H3,(H,32,33,36,37)/t20-,23-,24?/m1/s1. The molecule has 1 amide bonds. The monoisotopic (exact) mass is 617 g/mol. The fourth-order valence-corrected chi connectivity index (χ4v) is 5.09. The minimum absolute atomic E-state index is 0.00567. The number of nitrogens with one attached hydrogen (secondary N) is 1. The van der Waals surface area contributed by atoms with Crippen molar-refractivity contribution in [2.75, 3.05) is 11.9 Å². The Bertz CT molecular complexity index is 1120. The molecule has 3 atom stereocenters. The van der Waals surface area contributed by atoms with Crippen molar-refractivity contribution in [1.82, 2.24) is 9.55 Å². The lowest BCUT2D eigenvalue weighted by atomic mass is 10.1. The molecule has 0 bridgehead atoms. The minimum atomic E-state index is -3.77. The molecule has 1 N–H and O–H groups in total. The fourth-order valence-electron chi connectivity index (χ4n) is 4.07. The van der Waals surface area contributed by atoms with E-state index in [9.17, 15) is 14.4 Å². The average Bonchev–Trinajstić information content (AvgIpc) is 3.07. The number of halogens is 2. The van der Waals surface area contributed by atoms with Gasteiger partial charge in [0.25, 0.3) is 0 Å². The Morgan fingerprint density at radius 3 is 2.29 bits per heavy atom. The second kappa shape index (κ2) is 14.4. The number of rotatable bonds is 13. The normalized spacial score (nSPS) is 20.8. The van der Waals surface area contributed by atoms with E-state index in [0.717, 1.165) is 38.3 Å². The van der Waals surface area contributed by atoms with Crippen molar-refractivity contribution in [3.05, 3.63) is 22.7 Å². The van der Waals surface area contributed by atoms with E-state index < -0.39 is 56.0 Å². The van der Waals surface area contributed by atoms with Crippen LogP contribution in [0.2, 0.25) is 18.1 Å². The second-order valence-corrected chi connectivity index (χ2v) is 18.1. The molecule has 2 heterocycles. The van der Waals surface area contributed by atoms with Crippen molar-refractivity contribution in [2.24, 2.45) is 0 Å². The first-order valence-electron chi connectivity index (χ1n) is 14.7. The zero-order valence-corrected chi connectivity index (χ0v) is 27.6. The Labute approximate surface area is 249 Å². The van der Waals surface area contributed by atoms with E-state index in [0.29, 0.717) is 11.0 Å². The summed E-state index contributed by atoms with van der Waals surface area (Å²) >= 11 is 0. The number of esters is 1. The smallest absolute Gasteiger partial charge is 0.413 e. The average molecular weight is 618 g/mol. The van der Waals surface area contributed by atoms with E-state index in [1.807, 2.05) is 33.9 Å². The second-order valence-electron chi connectivity index (χ2n) is 13.3. The van der Waals surface area contributed by atoms with Crippen molar-refractivity contribution >= 4 is 26.2 Å². The first kappa shape index (κ1) is 35.8. The lowest BCUT2D eigenvalue weighted by molar-refractivity contribution is -0.176. The van der Waals surface area contributed by atoms with Crippen LogP contribution < -0.4 is 11.0 Å². The molecule has 0 saturated carbocycles. The van der Waals surface area contributed by atoms with Crippen LogP contribution in [0.5, 0.6) is 0 Å². The zero-order valence-electron chi connectivity index (χ0n) is 26.6. The largest absolute Gasteiger partial charge is 0.453 e. The van der Waals surface area contributed by atoms with Crippen LogP contribution in [0.25, 0.3) is 0 Å². The Morgan fingerprint density at radius 2 is 1.71 bits per heavy atom. The maximum atomic E-state index is 15.9. The van der Waals surface area contributed by atoms with Crippen LogP contribution in [0.4, 0.5) is 19.4 Å². The maximum absolute atomic E-state index is 15.9. The van der Waals surface area contributed by atoms with Crippen LogP contribution in [0, 0.1) is 0 Å². The van der Waals surface area contributed by atoms with Crippen LogP contribution in [0.15, 0.2) is 17.1 Å². The van der Waals surface area contributed by atoms with Gasteiger partial charge < -0.3 is 18.6 Å². The van der Waals surface area contributed by atoms with Crippen molar-refractivity contribution < 1.29 is 37.0 Å². The van der Waals surface area contributed by atoms with E-state index in [-0.39, 0.29) is 23.9 Å². The third kappa shape index (κ3) is 10.1. The SMILES string of the molecule is CCCCCCCCC(=O)O[C@@H]1[C@@H](CO[Si](C)(C)C(C)(C)C)OC(n2ccc(NC(=O)OC(C)(C)C)nc2=O)C1(F)F. The Hall–Kier alpha value is -2.38. The topological polar surface area (TPSA) is 118 Å². The predicted octanol–water partition coefficient (Wildman–Crippen LogP) is 6.81. The van der Waals surface area contributed by atoms with Gasteiger partial charge in [-0.3, -0.25) is 14.7 Å². The molecule has 10 nitrogen and oxygen atoms in total. The quantitative estimate of drug-likeness (QED) is 0.146. The summed E-state index contributed by atoms with van der Waals surface area (Å²) in [6.07, 6.45) is 0.377. The molecule has 1 aromatic rings. The molecule has 1 aliphatic heterocycles. The summed E-state index contributed by atoms with van der Waals surface area (Å²) in [5.41, 5.74) is -1.88. The summed E-state index contributed by atoms with van der Waals surface area (Å²) in [4.78, 5) is 41.2. The molecule has 1 unspecified atom stereocenters. The van der Waals surface area contributed by atoms with Crippen molar-refractivity contribution in [2.45, 2.75) is 142 Å². The van der Waals surface area contributed by atoms with E-state index in [4.69, 9.17) is 18.6 Å². The highest BCUT2D eigenvalue weighted by Gasteiger charge is 2.62. The van der Waals surface area contributed by atoms with Gasteiger partial charge in [-0.05, 0) is 51.4 Å². The molecule has 2 rings (SSSR count). The molecular weight excluding hydrogens is 568 g/mol. The highest BCUT2D eigenvalue weighted by Crippen LogP contribution is 2.45. The molecule has 240 valence electrons. The number of hydrogen-bond donors (Lipinski definition) is 1. The van der Waals surface area contributed by atoms with Gasteiger partial charge in [-0.15, -0.1) is 0 Å². The highest BCUT2D eigenvalue weighted by atomic mass is 28.4. The number of nitrogens with zero attached hydrogens (tertiary/aromatic N) is 2. The van der Waals surface area contributed by atoms with E-state index >= 15 is 8.78 Å². The van der Waals surface area contributed by atoms with Crippen molar-refractivity contribution in [1.29, 1.82) is 0 Å². The van der Waals surface area contributed by atoms with Gasteiger partial charge in [0.2, 0.25) is 6.23 Å². The molecule has 0 spiro atoms. The number of alkyl halides is 2. The van der Waals surface area contributed by atoms with Crippen molar-refractivity contribution in [3.8, 4) is 0 Å². The highest BCUT2D eigenvalue weighted by molar-refractivity contribution is 6.74. The van der Waals surface area contributed by atoms with Crippen LogP contribution in [-0.4, -0.2) is 60.3 Å². The Balaban J connectivity index is 2.25. The van der Waals surface area contributed by atoms with Crippen LogP contribution in [-0.2, 0) is 23.4 Å². The van der Waals surface area contributed by atoms with Gasteiger partial charge in [-0.2, -0.15) is 13.8 Å². The van der Waals surface area contributed by atoms with Gasteiger partial charge in [0.05, 0.1) is 6.61 Å². The van der Waals surface area contributed by atoms with Gasteiger partial charge in [0, 0.05) is 12.6 Å². The van der Waals surface area contributed by atoms with Gasteiger partial charge in [-0.25, -0.2) is 9.59 Å². The van der Waals surface area contributed by atoms with Crippen LogP contribution in [0.1, 0.15) is 99.6 Å². The van der Waals surface area contributed by atoms with E-state index in [1.54, 1.807) is 20.8 Å². The first-order chi connectivity index (χ1) is 19.3. The molecule has 1 fully saturated rings. The number of aromatic nitrogens is 2. The van der Waals surface area contributed by atoms with Crippen molar-refractivity contribution in [3.63, 3.8) is 0 Å². The summed E-state index contributed by atoms with van der Waals surface area (Å²) in [5, 5.41) is 2.11. The molecule has 0 radical (unpaired) electrons. The predicted molar refractivity (Wildman–Crippen MR) is 158 cm³/mol. The molecule has 0 aliphatic carbocycles. The number of ether oxygens (including phenoxy) is 3. The van der Waals surface area contributed by atoms with Gasteiger partial charge in [-0.1, -0.05) is 59.8 Å². The fraction of sp³-hybridized carbons (Fsp3) is 0.793. The third-order valence-electron chi connectivity index (χ3n) is 7.47. The molecule has 0 aromatic carbocycles. The lowest BCUT2D eigenvalue weighted by Crippen LogP contribution is -2.47. The summed E-state index contributed by atoms with van der Waals surface area (Å²) in [7, 11) is -2.38. The van der Waals surface area contributed by atoms with Crippen LogP contribution >= 0.6 is 0 Å². The summed E-state index contributed by atoms with van der Waals surface area (Å²) < 4.78 is 54.8. The van der Waals surface area contributed by atoms with Gasteiger partial charge in [0.1, 0.15) is 17.5 Å². The molecule has 1 saturated heterocycles. The Morgan fingerprint density at radius 1 is 1.10 bits per heavy atom. The number of carbonyl (C=O) groups is 2. The third-order valence-corrected chi connectivity index (χ3v) is 12.0. The van der Waals surface area contributed by atoms with E-state index in [1.165, 1.54) is 6.07 Å². The van der Waals surface area contributed by atoms with Crippen LogP contribution in [0.3, 0.4) is 0 Å². The molecule has 13 heteroatoms. The molecule has 42 heavy (non-hydrogen) atoms. The molecule has 1 aliphatic rings. The zero-order chi connectivity index (χ0) is 31.9. The summed E-state index contributed by atoms with van der Waals surface area (Å²) in [6, 6.07) is 1.18. The lowest BCUT2D eigenvalue weighted by Gasteiger charge is -2.37. The van der Waals surface area contributed by atoms with E-state index in [2.05, 4.69) is 17.2 Å². The maximum Gasteiger partial charge on any atom is 0.413 e. The number of anilines is 1. The first-order valence-corrected chi connectivity index (χ1v) is 17.6. The Kier molecular flexibility index (Phi) is 12.3. The molecule has 1 aromatic heterocycles. The molecular formula is C29H49F2N3O7Si. The number of amides is 1. The number of carbonyl (C=O) groups excluding carboxylic acids is 2. The number of hydrogen-bond acceptors (Lipinski definition) is 8. The summed E-state index contributed by atoms with van der Waals surface area (Å²) in [5.74, 6) is -4.70. The summed E-state index contributed by atoms with van der Waals surface area (Å²) in [6.45, 7) is 16.9. The number of unbranched alkanes of at least 4 members (excludes halogenated alkanes) is 5. The van der Waals surface area contributed by atoms with Gasteiger partial charge >= 0.3 is 23.7 Å². The van der Waals surface area contributed by atoms with Gasteiger partial charge in [0.15, 0.2) is 14.4 Å². The minimum Gasteiger partial charge on any atom is -0.453 e.